The van der Waals surface area contributed by atoms with Crippen molar-refractivity contribution in [1.82, 2.24) is 4.90 Å². The summed E-state index contributed by atoms with van der Waals surface area (Å²) in [6, 6.07) is 5.41. The zero-order valence-electron chi connectivity index (χ0n) is 10.5. The van der Waals surface area contributed by atoms with E-state index >= 15 is 0 Å². The first-order valence-electron chi connectivity index (χ1n) is 6.06. The minimum atomic E-state index is -0.850. The van der Waals surface area contributed by atoms with Crippen molar-refractivity contribution in [2.24, 2.45) is 5.92 Å². The van der Waals surface area contributed by atoms with Crippen molar-refractivity contribution in [3.05, 3.63) is 27.1 Å². The molecule has 7 heteroatoms. The summed E-state index contributed by atoms with van der Waals surface area (Å²) in [5.41, 5.74) is 0. The SMILES string of the molecule is O=C(O)C1CCN(C(=O)COc2ccc(Br)cc2Br)C1. The van der Waals surface area contributed by atoms with E-state index in [2.05, 4.69) is 31.9 Å². The first-order chi connectivity index (χ1) is 9.47. The van der Waals surface area contributed by atoms with Crippen molar-refractivity contribution in [1.29, 1.82) is 0 Å². The minimum Gasteiger partial charge on any atom is -0.483 e. The number of benzene rings is 1. The Morgan fingerprint density at radius 3 is 2.75 bits per heavy atom. The van der Waals surface area contributed by atoms with E-state index in [0.717, 1.165) is 8.95 Å². The third-order valence-electron chi connectivity index (χ3n) is 3.14. The number of hydrogen-bond acceptors (Lipinski definition) is 3. The summed E-state index contributed by atoms with van der Waals surface area (Å²) < 4.78 is 7.12. The summed E-state index contributed by atoms with van der Waals surface area (Å²) in [4.78, 5) is 24.3. The monoisotopic (exact) mass is 405 g/mol. The second-order valence-corrected chi connectivity index (χ2v) is 6.30. The van der Waals surface area contributed by atoms with E-state index in [-0.39, 0.29) is 19.1 Å². The van der Waals surface area contributed by atoms with Gasteiger partial charge < -0.3 is 14.7 Å². The molecule has 1 N–H and O–H groups in total. The van der Waals surface area contributed by atoms with Gasteiger partial charge in [-0.15, -0.1) is 0 Å². The Hall–Kier alpha value is -1.08. The third kappa shape index (κ3) is 3.73. The van der Waals surface area contributed by atoms with Crippen LogP contribution in [0.4, 0.5) is 0 Å². The number of rotatable bonds is 4. The Labute approximate surface area is 133 Å². The number of hydrogen-bond donors (Lipinski definition) is 1. The zero-order valence-corrected chi connectivity index (χ0v) is 13.7. The van der Waals surface area contributed by atoms with E-state index in [0.29, 0.717) is 18.7 Å². The molecule has 1 aromatic carbocycles. The molecule has 1 aliphatic rings. The Bertz CT molecular complexity index is 535. The van der Waals surface area contributed by atoms with Crippen molar-refractivity contribution in [3.63, 3.8) is 0 Å². The average molecular weight is 407 g/mol. The van der Waals surface area contributed by atoms with E-state index in [4.69, 9.17) is 9.84 Å². The van der Waals surface area contributed by atoms with Crippen LogP contribution in [0.15, 0.2) is 27.1 Å². The van der Waals surface area contributed by atoms with Crippen LogP contribution in [0.2, 0.25) is 0 Å². The van der Waals surface area contributed by atoms with Crippen molar-refractivity contribution in [2.75, 3.05) is 19.7 Å². The largest absolute Gasteiger partial charge is 0.483 e. The van der Waals surface area contributed by atoms with Gasteiger partial charge in [-0.1, -0.05) is 15.9 Å². The molecule has 1 amide bonds. The van der Waals surface area contributed by atoms with E-state index in [9.17, 15) is 9.59 Å². The molecule has 20 heavy (non-hydrogen) atoms. The number of carboxylic acids is 1. The van der Waals surface area contributed by atoms with Crippen LogP contribution in [0.1, 0.15) is 6.42 Å². The molecule has 1 fully saturated rings. The molecule has 108 valence electrons. The third-order valence-corrected chi connectivity index (χ3v) is 4.25. The van der Waals surface area contributed by atoms with Gasteiger partial charge in [-0.3, -0.25) is 9.59 Å². The fraction of sp³-hybridized carbons (Fsp3) is 0.385. The van der Waals surface area contributed by atoms with Crippen LogP contribution in [0, 0.1) is 5.92 Å². The maximum Gasteiger partial charge on any atom is 0.308 e. The number of ether oxygens (including phenoxy) is 1. The summed E-state index contributed by atoms with van der Waals surface area (Å²) in [6.45, 7) is 0.645. The molecule has 1 aromatic rings. The Morgan fingerprint density at radius 2 is 2.15 bits per heavy atom. The van der Waals surface area contributed by atoms with Gasteiger partial charge in [0.2, 0.25) is 0 Å². The lowest BCUT2D eigenvalue weighted by molar-refractivity contribution is -0.141. The maximum atomic E-state index is 11.9. The lowest BCUT2D eigenvalue weighted by Crippen LogP contribution is -2.33. The molecule has 0 spiro atoms. The molecule has 0 aliphatic carbocycles. The van der Waals surface area contributed by atoms with Crippen LogP contribution in [-0.2, 0) is 9.59 Å². The number of aliphatic carboxylic acids is 1. The highest BCUT2D eigenvalue weighted by molar-refractivity contribution is 9.11. The summed E-state index contributed by atoms with van der Waals surface area (Å²) in [6.07, 6.45) is 0.503. The number of nitrogens with zero attached hydrogens (tertiary/aromatic N) is 1. The number of halogens is 2. The van der Waals surface area contributed by atoms with E-state index in [1.54, 1.807) is 6.07 Å². The van der Waals surface area contributed by atoms with Crippen LogP contribution in [0.3, 0.4) is 0 Å². The predicted molar refractivity (Wildman–Crippen MR) is 79.7 cm³/mol. The molecule has 0 saturated carbocycles. The Kier molecular flexibility index (Phi) is 5.04. The molecule has 0 radical (unpaired) electrons. The molecular formula is C13H13Br2NO4. The van der Waals surface area contributed by atoms with Gasteiger partial charge in [-0.05, 0) is 40.5 Å². The van der Waals surface area contributed by atoms with Crippen LogP contribution in [0.25, 0.3) is 0 Å². The second kappa shape index (κ2) is 6.58. The first-order valence-corrected chi connectivity index (χ1v) is 7.64. The van der Waals surface area contributed by atoms with E-state index in [1.807, 2.05) is 12.1 Å². The second-order valence-electron chi connectivity index (χ2n) is 4.53. The van der Waals surface area contributed by atoms with Gasteiger partial charge in [-0.25, -0.2) is 0 Å². The Balaban J connectivity index is 1.88. The van der Waals surface area contributed by atoms with Gasteiger partial charge in [0.05, 0.1) is 10.4 Å². The molecule has 5 nitrogen and oxygen atoms in total. The van der Waals surface area contributed by atoms with Crippen LogP contribution in [0.5, 0.6) is 5.75 Å². The van der Waals surface area contributed by atoms with Gasteiger partial charge >= 0.3 is 5.97 Å². The van der Waals surface area contributed by atoms with Crippen LogP contribution in [-0.4, -0.2) is 41.6 Å². The Morgan fingerprint density at radius 1 is 1.40 bits per heavy atom. The lowest BCUT2D eigenvalue weighted by atomic mass is 10.1. The number of carboxylic acid groups (broad SMARTS) is 1. The van der Waals surface area contributed by atoms with Crippen molar-refractivity contribution >= 4 is 43.7 Å². The first kappa shape index (κ1) is 15.3. The van der Waals surface area contributed by atoms with Gasteiger partial charge in [0.25, 0.3) is 5.91 Å². The number of carbonyl (C=O) groups excluding carboxylic acids is 1. The molecule has 0 aromatic heterocycles. The maximum absolute atomic E-state index is 11.9. The highest BCUT2D eigenvalue weighted by Crippen LogP contribution is 2.28. The molecule has 0 bridgehead atoms. The normalized spacial score (nSPS) is 18.1. The molecule has 1 heterocycles. The standard InChI is InChI=1S/C13H13Br2NO4/c14-9-1-2-11(10(15)5-9)20-7-12(17)16-4-3-8(6-16)13(18)19/h1-2,5,8H,3-4,6-7H2,(H,18,19). The molecule has 2 rings (SSSR count). The summed E-state index contributed by atoms with van der Waals surface area (Å²) in [7, 11) is 0. The summed E-state index contributed by atoms with van der Waals surface area (Å²) >= 11 is 6.69. The minimum absolute atomic E-state index is 0.0907. The fourth-order valence-corrected chi connectivity index (χ4v) is 3.17. The molecule has 1 saturated heterocycles. The smallest absolute Gasteiger partial charge is 0.308 e. The zero-order chi connectivity index (χ0) is 14.7. The van der Waals surface area contributed by atoms with Gasteiger partial charge in [0.1, 0.15) is 5.75 Å². The van der Waals surface area contributed by atoms with Crippen molar-refractivity contribution in [2.45, 2.75) is 6.42 Å². The van der Waals surface area contributed by atoms with E-state index < -0.39 is 11.9 Å². The van der Waals surface area contributed by atoms with Crippen LogP contribution < -0.4 is 4.74 Å². The van der Waals surface area contributed by atoms with E-state index in [1.165, 1.54) is 4.90 Å². The van der Waals surface area contributed by atoms with Gasteiger partial charge in [-0.2, -0.15) is 0 Å². The highest BCUT2D eigenvalue weighted by atomic mass is 79.9. The number of likely N-dealkylation sites (tertiary alicyclic amines) is 1. The number of amides is 1. The molecule has 1 aliphatic heterocycles. The topological polar surface area (TPSA) is 66.8 Å². The predicted octanol–water partition coefficient (Wildman–Crippen LogP) is 2.52. The summed E-state index contributed by atoms with van der Waals surface area (Å²) in [5, 5.41) is 8.90. The van der Waals surface area contributed by atoms with Gasteiger partial charge in [0.15, 0.2) is 6.61 Å². The van der Waals surface area contributed by atoms with Crippen molar-refractivity contribution in [3.8, 4) is 5.75 Å². The molecule has 1 atom stereocenters. The lowest BCUT2D eigenvalue weighted by Gasteiger charge is -2.16. The number of carbonyl (C=O) groups is 2. The highest BCUT2D eigenvalue weighted by Gasteiger charge is 2.30. The summed E-state index contributed by atoms with van der Waals surface area (Å²) in [5.74, 6) is -0.922. The van der Waals surface area contributed by atoms with Gasteiger partial charge in [0, 0.05) is 17.6 Å². The van der Waals surface area contributed by atoms with Crippen molar-refractivity contribution < 1.29 is 19.4 Å². The molecule has 1 unspecified atom stereocenters. The van der Waals surface area contributed by atoms with Crippen LogP contribution >= 0.6 is 31.9 Å². The fourth-order valence-electron chi connectivity index (χ4n) is 2.01. The average Bonchev–Trinajstić information content (AvgIpc) is 2.87. The molecular weight excluding hydrogens is 394 g/mol. The quantitative estimate of drug-likeness (QED) is 0.834.